The molecule has 0 aromatic heterocycles. The van der Waals surface area contributed by atoms with Gasteiger partial charge < -0.3 is 4.90 Å². The number of para-hydroxylation sites is 1. The van der Waals surface area contributed by atoms with Gasteiger partial charge in [-0.25, -0.2) is 0 Å². The molecule has 0 radical (unpaired) electrons. The highest BCUT2D eigenvalue weighted by molar-refractivity contribution is 6.50. The highest BCUT2D eigenvalue weighted by Gasteiger charge is 2.32. The van der Waals surface area contributed by atoms with E-state index in [0.29, 0.717) is 0 Å². The summed E-state index contributed by atoms with van der Waals surface area (Å²) in [6, 6.07) is 89.3. The van der Waals surface area contributed by atoms with Crippen molar-refractivity contribution in [2.75, 3.05) is 11.9 Å². The molecule has 0 fully saturated rings. The molecule has 0 saturated carbocycles. The SMILES string of the molecule is Cc1ccccc1N(C)c1cc2cccc3c4c(-c5ccccc5)c5c(-c6ccccc6)c6c7ccc8c9cccc%10cccc(c%11ccc(c6c(-c6ccccc6)c5c(-c5ccccc5)c4c(c1)c23)c7c8%11)c%109. The number of nitrogens with zero attached hydrogens (tertiary/aromatic N) is 1. The molecule has 0 saturated heterocycles. The van der Waals surface area contributed by atoms with Crippen molar-refractivity contribution in [1.82, 2.24) is 0 Å². The van der Waals surface area contributed by atoms with Gasteiger partial charge >= 0.3 is 0 Å². The van der Waals surface area contributed by atoms with Crippen LogP contribution in [0.25, 0.3) is 152 Å². The first-order valence-corrected chi connectivity index (χ1v) is 25.6. The van der Waals surface area contributed by atoms with Gasteiger partial charge in [0.2, 0.25) is 0 Å². The zero-order valence-corrected chi connectivity index (χ0v) is 40.5. The third-order valence-electron chi connectivity index (χ3n) is 16.5. The molecule has 16 aromatic carbocycles. The second-order valence-corrected chi connectivity index (χ2v) is 20.2. The number of hydrogen-bond acceptors (Lipinski definition) is 1. The van der Waals surface area contributed by atoms with E-state index in [-0.39, 0.29) is 0 Å². The topological polar surface area (TPSA) is 3.24 Å². The van der Waals surface area contributed by atoms with Crippen molar-refractivity contribution >= 4 is 119 Å². The van der Waals surface area contributed by atoms with E-state index in [2.05, 4.69) is 255 Å². The van der Waals surface area contributed by atoms with Crippen LogP contribution in [0.3, 0.4) is 0 Å². The van der Waals surface area contributed by atoms with Crippen LogP contribution in [0.5, 0.6) is 0 Å². The Bertz CT molecular complexity index is 4830. The number of anilines is 2. The average Bonchev–Trinajstić information content (AvgIpc) is 4.03. The molecule has 0 aliphatic rings. The molecule has 16 aromatic rings. The van der Waals surface area contributed by atoms with Crippen molar-refractivity contribution < 1.29 is 0 Å². The molecule has 0 N–H and O–H groups in total. The Hall–Kier alpha value is -9.30. The van der Waals surface area contributed by atoms with Gasteiger partial charge in [0.05, 0.1) is 0 Å². The molecule has 338 valence electrons. The van der Waals surface area contributed by atoms with Gasteiger partial charge in [-0.1, -0.05) is 218 Å². The lowest BCUT2D eigenvalue weighted by Gasteiger charge is -2.24. The summed E-state index contributed by atoms with van der Waals surface area (Å²) in [5.41, 5.74) is 13.5. The summed E-state index contributed by atoms with van der Waals surface area (Å²) in [6.45, 7) is 2.21. The molecule has 0 unspecified atom stereocenters. The summed E-state index contributed by atoms with van der Waals surface area (Å²) in [5.74, 6) is 0. The van der Waals surface area contributed by atoms with Crippen molar-refractivity contribution in [3.8, 4) is 44.5 Å². The smallest absolute Gasteiger partial charge is 0.0437 e. The Morgan fingerprint density at radius 3 is 1.08 bits per heavy atom. The zero-order valence-electron chi connectivity index (χ0n) is 40.5. The minimum Gasteiger partial charge on any atom is -0.344 e. The van der Waals surface area contributed by atoms with Crippen LogP contribution in [-0.4, -0.2) is 7.05 Å². The molecular weight excluding hydrogens is 879 g/mol. The summed E-state index contributed by atoms with van der Waals surface area (Å²) in [4.78, 5) is 2.38. The third kappa shape index (κ3) is 5.46. The number of hydrogen-bond donors (Lipinski definition) is 0. The van der Waals surface area contributed by atoms with E-state index in [0.717, 1.165) is 5.69 Å². The second-order valence-electron chi connectivity index (χ2n) is 20.2. The Labute approximate surface area is 422 Å². The number of fused-ring (bicyclic) bond motifs is 9. The Balaban J connectivity index is 1.24. The van der Waals surface area contributed by atoms with Crippen molar-refractivity contribution in [2.45, 2.75) is 6.92 Å². The Morgan fingerprint density at radius 1 is 0.247 bits per heavy atom. The van der Waals surface area contributed by atoms with Crippen LogP contribution < -0.4 is 4.90 Å². The summed E-state index contributed by atoms with van der Waals surface area (Å²) >= 11 is 0. The van der Waals surface area contributed by atoms with Gasteiger partial charge in [0.25, 0.3) is 0 Å². The van der Waals surface area contributed by atoms with Crippen molar-refractivity contribution in [2.24, 2.45) is 0 Å². The minimum atomic E-state index is 1.16. The lowest BCUT2D eigenvalue weighted by Crippen LogP contribution is -2.10. The van der Waals surface area contributed by atoms with Crippen molar-refractivity contribution in [1.29, 1.82) is 0 Å². The normalized spacial score (nSPS) is 12.2. The van der Waals surface area contributed by atoms with Crippen LogP contribution in [0.1, 0.15) is 5.56 Å². The first-order valence-electron chi connectivity index (χ1n) is 25.6. The van der Waals surface area contributed by atoms with Gasteiger partial charge in [-0.2, -0.15) is 0 Å². The molecule has 0 atom stereocenters. The van der Waals surface area contributed by atoms with Crippen molar-refractivity contribution in [3.05, 3.63) is 242 Å². The van der Waals surface area contributed by atoms with Gasteiger partial charge in [0.15, 0.2) is 0 Å². The average molecular weight is 924 g/mol. The lowest BCUT2D eigenvalue weighted by atomic mass is 9.78. The maximum atomic E-state index is 2.49. The largest absolute Gasteiger partial charge is 0.344 e. The van der Waals surface area contributed by atoms with Crippen LogP contribution >= 0.6 is 0 Å². The predicted octanol–water partition coefficient (Wildman–Crippen LogP) is 20.3. The van der Waals surface area contributed by atoms with Gasteiger partial charge in [-0.3, -0.25) is 0 Å². The molecular formula is C72H45N. The van der Waals surface area contributed by atoms with Crippen LogP contribution in [-0.2, 0) is 0 Å². The molecule has 0 heterocycles. The predicted molar refractivity (Wildman–Crippen MR) is 316 cm³/mol. The van der Waals surface area contributed by atoms with Crippen LogP contribution in [0, 0.1) is 6.92 Å². The summed E-state index contributed by atoms with van der Waals surface area (Å²) < 4.78 is 0. The van der Waals surface area contributed by atoms with Gasteiger partial charge in [-0.15, -0.1) is 0 Å². The van der Waals surface area contributed by atoms with Gasteiger partial charge in [-0.05, 0) is 183 Å². The highest BCUT2D eigenvalue weighted by atomic mass is 15.1. The van der Waals surface area contributed by atoms with E-state index in [1.54, 1.807) is 0 Å². The monoisotopic (exact) mass is 923 g/mol. The fraction of sp³-hybridized carbons (Fsp3) is 0.0278. The van der Waals surface area contributed by atoms with E-state index < -0.39 is 0 Å². The standard InChI is InChI=1S/C72H45N/c1-42-20-15-16-35-58(42)73(2)49-40-48-31-19-34-54-60(48)57(41-49)70-64(47-27-13-6-14-28-47)72-63(46-25-11-5-12-26-46)69-56-39-37-53-51-33-18-30-43-29-17-32-50(59(43)51)52-36-38-55(66(56)65(52)53)68(69)62(45-23-9-4-10-24-45)71(72)61(67(54)70)44-21-7-3-8-22-44/h3-41H,1-2H3. The fourth-order valence-corrected chi connectivity index (χ4v) is 13.6. The van der Waals surface area contributed by atoms with Gasteiger partial charge in [0, 0.05) is 18.4 Å². The second kappa shape index (κ2) is 15.1. The first kappa shape index (κ1) is 40.4. The Kier molecular flexibility index (Phi) is 8.37. The van der Waals surface area contributed by atoms with E-state index in [1.807, 2.05) is 0 Å². The molecule has 0 aliphatic heterocycles. The molecule has 0 bridgehead atoms. The fourth-order valence-electron chi connectivity index (χ4n) is 13.6. The maximum Gasteiger partial charge on any atom is 0.0437 e. The maximum absolute atomic E-state index is 2.49. The summed E-state index contributed by atoms with van der Waals surface area (Å²) in [6.07, 6.45) is 0. The van der Waals surface area contributed by atoms with Crippen LogP contribution in [0.4, 0.5) is 11.4 Å². The molecule has 0 spiro atoms. The molecule has 0 amide bonds. The third-order valence-corrected chi connectivity index (χ3v) is 16.5. The summed E-state index contributed by atoms with van der Waals surface area (Å²) in [7, 11) is 2.22. The Morgan fingerprint density at radius 2 is 0.603 bits per heavy atom. The van der Waals surface area contributed by atoms with E-state index in [9.17, 15) is 0 Å². The molecule has 1 heteroatoms. The highest BCUT2D eigenvalue weighted by Crippen LogP contribution is 2.60. The van der Waals surface area contributed by atoms with Crippen LogP contribution in [0.15, 0.2) is 237 Å². The molecule has 0 aliphatic carbocycles. The number of aryl methyl sites for hydroxylation is 1. The van der Waals surface area contributed by atoms with Gasteiger partial charge in [0.1, 0.15) is 0 Å². The van der Waals surface area contributed by atoms with E-state index in [4.69, 9.17) is 0 Å². The number of rotatable bonds is 6. The van der Waals surface area contributed by atoms with Crippen molar-refractivity contribution in [3.63, 3.8) is 0 Å². The molecule has 16 rings (SSSR count). The van der Waals surface area contributed by atoms with E-state index in [1.165, 1.54) is 163 Å². The first-order chi connectivity index (χ1) is 36.1. The number of benzene rings is 14. The zero-order chi connectivity index (χ0) is 48.1. The summed E-state index contributed by atoms with van der Waals surface area (Å²) in [5, 5.41) is 26.0. The molecule has 73 heavy (non-hydrogen) atoms. The lowest BCUT2D eigenvalue weighted by molar-refractivity contribution is 1.19. The minimum absolute atomic E-state index is 1.16. The molecule has 1 nitrogen and oxygen atoms in total. The van der Waals surface area contributed by atoms with Crippen LogP contribution in [0.2, 0.25) is 0 Å². The quantitative estimate of drug-likeness (QED) is 0.119. The van der Waals surface area contributed by atoms with E-state index >= 15 is 0 Å².